The van der Waals surface area contributed by atoms with E-state index in [1.54, 1.807) is 0 Å². The Morgan fingerprint density at radius 2 is 2.05 bits per heavy atom. The van der Waals surface area contributed by atoms with Crippen LogP contribution in [0.2, 0.25) is 0 Å². The van der Waals surface area contributed by atoms with Gasteiger partial charge in [-0.3, -0.25) is 14.9 Å². The summed E-state index contributed by atoms with van der Waals surface area (Å²) >= 11 is 0. The van der Waals surface area contributed by atoms with Gasteiger partial charge in [-0.25, -0.2) is 9.59 Å². The molecule has 0 aromatic heterocycles. The summed E-state index contributed by atoms with van der Waals surface area (Å²) in [6.45, 7) is 1.23. The number of carboxylic acids is 1. The van der Waals surface area contributed by atoms with Crippen molar-refractivity contribution in [2.45, 2.75) is 37.8 Å². The number of hydrogen-bond acceptors (Lipinski definition) is 4. The second kappa shape index (κ2) is 4.52. The van der Waals surface area contributed by atoms with Crippen molar-refractivity contribution < 1.29 is 24.3 Å². The minimum absolute atomic E-state index is 0.256. The molecule has 0 bridgehead atoms. The molecule has 0 spiro atoms. The van der Waals surface area contributed by atoms with Crippen molar-refractivity contribution >= 4 is 23.8 Å². The van der Waals surface area contributed by atoms with E-state index in [9.17, 15) is 19.2 Å². The van der Waals surface area contributed by atoms with Crippen LogP contribution < -0.4 is 10.6 Å². The van der Waals surface area contributed by atoms with Crippen molar-refractivity contribution in [1.82, 2.24) is 15.5 Å². The maximum Gasteiger partial charge on any atom is 0.329 e. The highest BCUT2D eigenvalue weighted by molar-refractivity contribution is 6.04. The van der Waals surface area contributed by atoms with E-state index in [-0.39, 0.29) is 6.54 Å². The third kappa shape index (κ3) is 2.25. The number of aliphatic carboxylic acids is 1. The van der Waals surface area contributed by atoms with Crippen LogP contribution in [0.3, 0.4) is 0 Å². The van der Waals surface area contributed by atoms with Gasteiger partial charge in [0, 0.05) is 0 Å². The Bertz CT molecular complexity index is 457. The highest BCUT2D eigenvalue weighted by Gasteiger charge is 2.47. The van der Waals surface area contributed by atoms with Gasteiger partial charge in [-0.05, 0) is 26.2 Å². The van der Waals surface area contributed by atoms with Crippen LogP contribution in [-0.2, 0) is 14.4 Å². The quantitative estimate of drug-likeness (QED) is 0.559. The molecule has 1 saturated carbocycles. The van der Waals surface area contributed by atoms with Crippen molar-refractivity contribution in [3.63, 3.8) is 0 Å². The first-order valence-electron chi connectivity index (χ1n) is 6.01. The second-order valence-corrected chi connectivity index (χ2v) is 4.89. The Labute approximate surface area is 109 Å². The summed E-state index contributed by atoms with van der Waals surface area (Å²) in [5.41, 5.74) is -1.26. The zero-order valence-corrected chi connectivity index (χ0v) is 10.4. The fraction of sp³-hybridized carbons (Fsp3) is 0.636. The van der Waals surface area contributed by atoms with Crippen molar-refractivity contribution in [2.75, 3.05) is 6.54 Å². The van der Waals surface area contributed by atoms with Gasteiger partial charge < -0.3 is 15.3 Å². The van der Waals surface area contributed by atoms with Crippen LogP contribution >= 0.6 is 0 Å². The lowest BCUT2D eigenvalue weighted by Gasteiger charge is -2.41. The van der Waals surface area contributed by atoms with Crippen LogP contribution in [0.15, 0.2) is 0 Å². The minimum atomic E-state index is -1.26. The summed E-state index contributed by atoms with van der Waals surface area (Å²) in [6, 6.07) is -1.50. The first-order chi connectivity index (χ1) is 8.85. The molecule has 1 saturated heterocycles. The van der Waals surface area contributed by atoms with Crippen molar-refractivity contribution in [2.24, 2.45) is 0 Å². The summed E-state index contributed by atoms with van der Waals surface area (Å²) < 4.78 is 0. The molecule has 8 heteroatoms. The standard InChI is InChI=1S/C11H15N3O5/c1-6-8(16)12-7(15)5-14(6)10(19)13-11(9(17)18)3-2-4-11/h6H,2-5H2,1H3,(H,13,19)(H,17,18)(H,12,15,16). The van der Waals surface area contributed by atoms with Gasteiger partial charge in [-0.1, -0.05) is 0 Å². The molecule has 4 amide bonds. The number of imide groups is 1. The first-order valence-corrected chi connectivity index (χ1v) is 6.01. The van der Waals surface area contributed by atoms with E-state index >= 15 is 0 Å². The molecule has 1 aliphatic heterocycles. The molecule has 1 aliphatic carbocycles. The SMILES string of the molecule is CC1C(=O)NC(=O)CN1C(=O)NC1(C(=O)O)CCC1. The van der Waals surface area contributed by atoms with Crippen LogP contribution in [0.25, 0.3) is 0 Å². The highest BCUT2D eigenvalue weighted by Crippen LogP contribution is 2.32. The maximum absolute atomic E-state index is 12.0. The zero-order chi connectivity index (χ0) is 14.2. The molecule has 2 aliphatic rings. The van der Waals surface area contributed by atoms with Gasteiger partial charge in [0.2, 0.25) is 11.8 Å². The lowest BCUT2D eigenvalue weighted by atomic mass is 9.77. The average Bonchev–Trinajstić information content (AvgIpc) is 2.27. The van der Waals surface area contributed by atoms with Crippen LogP contribution in [0.5, 0.6) is 0 Å². The van der Waals surface area contributed by atoms with Crippen LogP contribution in [-0.4, -0.2) is 51.9 Å². The van der Waals surface area contributed by atoms with Gasteiger partial charge in [-0.2, -0.15) is 0 Å². The summed E-state index contributed by atoms with van der Waals surface area (Å²) in [6.07, 6.45) is 1.44. The molecule has 0 aromatic rings. The number of nitrogens with zero attached hydrogens (tertiary/aromatic N) is 1. The van der Waals surface area contributed by atoms with Gasteiger partial charge in [-0.15, -0.1) is 0 Å². The monoisotopic (exact) mass is 269 g/mol. The topological polar surface area (TPSA) is 116 Å². The van der Waals surface area contributed by atoms with E-state index < -0.39 is 35.4 Å². The number of carbonyl (C=O) groups is 4. The summed E-state index contributed by atoms with van der Waals surface area (Å²) in [4.78, 5) is 46.9. The van der Waals surface area contributed by atoms with E-state index in [0.29, 0.717) is 12.8 Å². The fourth-order valence-electron chi connectivity index (χ4n) is 2.16. The minimum Gasteiger partial charge on any atom is -0.480 e. The first kappa shape index (κ1) is 13.3. The number of urea groups is 1. The molecule has 19 heavy (non-hydrogen) atoms. The predicted octanol–water partition coefficient (Wildman–Crippen LogP) is -0.950. The smallest absolute Gasteiger partial charge is 0.329 e. The molecule has 8 nitrogen and oxygen atoms in total. The molecule has 1 unspecified atom stereocenters. The largest absolute Gasteiger partial charge is 0.480 e. The summed E-state index contributed by atoms with van der Waals surface area (Å²) in [5.74, 6) is -2.23. The maximum atomic E-state index is 12.0. The highest BCUT2D eigenvalue weighted by atomic mass is 16.4. The molecule has 2 fully saturated rings. The molecule has 104 valence electrons. The molecular weight excluding hydrogens is 254 g/mol. The number of piperazine rings is 1. The molecule has 0 aromatic carbocycles. The Balaban J connectivity index is 2.09. The fourth-order valence-corrected chi connectivity index (χ4v) is 2.16. The number of carbonyl (C=O) groups excluding carboxylic acids is 3. The van der Waals surface area contributed by atoms with Crippen LogP contribution in [0.1, 0.15) is 26.2 Å². The third-order valence-electron chi connectivity index (χ3n) is 3.65. The Morgan fingerprint density at radius 1 is 1.42 bits per heavy atom. The molecular formula is C11H15N3O5. The molecule has 2 rings (SSSR count). The van der Waals surface area contributed by atoms with E-state index in [2.05, 4.69) is 10.6 Å². The third-order valence-corrected chi connectivity index (χ3v) is 3.65. The number of rotatable bonds is 2. The average molecular weight is 269 g/mol. The van der Waals surface area contributed by atoms with Crippen molar-refractivity contribution in [3.05, 3.63) is 0 Å². The van der Waals surface area contributed by atoms with Gasteiger partial charge in [0.25, 0.3) is 0 Å². The number of nitrogens with one attached hydrogen (secondary N) is 2. The van der Waals surface area contributed by atoms with E-state index in [1.807, 2.05) is 0 Å². The number of amides is 4. The number of hydrogen-bond donors (Lipinski definition) is 3. The Morgan fingerprint density at radius 3 is 2.53 bits per heavy atom. The Kier molecular flexibility index (Phi) is 3.17. The lowest BCUT2D eigenvalue weighted by Crippen LogP contribution is -2.66. The lowest BCUT2D eigenvalue weighted by molar-refractivity contribution is -0.148. The zero-order valence-electron chi connectivity index (χ0n) is 10.4. The van der Waals surface area contributed by atoms with E-state index in [0.717, 1.165) is 11.3 Å². The van der Waals surface area contributed by atoms with Crippen molar-refractivity contribution in [1.29, 1.82) is 0 Å². The molecule has 1 heterocycles. The molecule has 3 N–H and O–H groups in total. The second-order valence-electron chi connectivity index (χ2n) is 4.89. The van der Waals surface area contributed by atoms with E-state index in [1.165, 1.54) is 6.92 Å². The van der Waals surface area contributed by atoms with Crippen LogP contribution in [0, 0.1) is 0 Å². The predicted molar refractivity (Wildman–Crippen MR) is 62.1 cm³/mol. The normalized spacial score (nSPS) is 25.3. The van der Waals surface area contributed by atoms with Gasteiger partial charge >= 0.3 is 12.0 Å². The van der Waals surface area contributed by atoms with Gasteiger partial charge in [0.15, 0.2) is 0 Å². The van der Waals surface area contributed by atoms with Gasteiger partial charge in [0.05, 0.1) is 0 Å². The molecule has 0 radical (unpaired) electrons. The van der Waals surface area contributed by atoms with Gasteiger partial charge in [0.1, 0.15) is 18.1 Å². The summed E-state index contributed by atoms with van der Waals surface area (Å²) in [7, 11) is 0. The summed E-state index contributed by atoms with van der Waals surface area (Å²) in [5, 5.41) is 13.7. The molecule has 1 atom stereocenters. The van der Waals surface area contributed by atoms with Crippen molar-refractivity contribution in [3.8, 4) is 0 Å². The van der Waals surface area contributed by atoms with E-state index in [4.69, 9.17) is 5.11 Å². The van der Waals surface area contributed by atoms with Crippen LogP contribution in [0.4, 0.5) is 4.79 Å². The number of carboxylic acid groups (broad SMARTS) is 1. The Hall–Kier alpha value is -2.12.